The van der Waals surface area contributed by atoms with Crippen LogP contribution in [0.3, 0.4) is 0 Å². The molecule has 6 heteroatoms. The fourth-order valence-corrected chi connectivity index (χ4v) is 3.15. The Hall–Kier alpha value is -2.76. The van der Waals surface area contributed by atoms with Gasteiger partial charge in [0.15, 0.2) is 0 Å². The van der Waals surface area contributed by atoms with Crippen molar-refractivity contribution >= 4 is 17.5 Å². The first kappa shape index (κ1) is 18.0. The fraction of sp³-hybridized carbons (Fsp3) is 0.300. The van der Waals surface area contributed by atoms with Crippen LogP contribution in [0.1, 0.15) is 18.4 Å². The zero-order valence-electron chi connectivity index (χ0n) is 14.3. The number of anilines is 1. The summed E-state index contributed by atoms with van der Waals surface area (Å²) >= 11 is 0. The van der Waals surface area contributed by atoms with E-state index in [-0.39, 0.29) is 17.4 Å². The van der Waals surface area contributed by atoms with Gasteiger partial charge in [-0.3, -0.25) is 4.79 Å². The van der Waals surface area contributed by atoms with Crippen molar-refractivity contribution in [2.24, 2.45) is 5.92 Å². The van der Waals surface area contributed by atoms with Crippen molar-refractivity contribution < 1.29 is 18.4 Å². The van der Waals surface area contributed by atoms with Gasteiger partial charge in [-0.2, -0.15) is 0 Å². The minimum Gasteiger partial charge on any atom is -0.324 e. The van der Waals surface area contributed by atoms with E-state index in [0.29, 0.717) is 25.9 Å². The van der Waals surface area contributed by atoms with Crippen LogP contribution in [0.4, 0.5) is 19.3 Å². The van der Waals surface area contributed by atoms with E-state index in [1.54, 1.807) is 0 Å². The molecule has 26 heavy (non-hydrogen) atoms. The van der Waals surface area contributed by atoms with Gasteiger partial charge in [0.2, 0.25) is 0 Å². The molecule has 0 aliphatic carbocycles. The summed E-state index contributed by atoms with van der Waals surface area (Å²) in [5, 5.41) is 2.45. The highest BCUT2D eigenvalue weighted by atomic mass is 19.1. The number of ketones is 1. The Morgan fingerprint density at radius 3 is 2.62 bits per heavy atom. The summed E-state index contributed by atoms with van der Waals surface area (Å²) in [6.07, 6.45) is 1.79. The Labute approximate surface area is 150 Å². The zero-order valence-corrected chi connectivity index (χ0v) is 14.3. The van der Waals surface area contributed by atoms with Gasteiger partial charge < -0.3 is 10.2 Å². The number of likely N-dealkylation sites (tertiary alicyclic amines) is 1. The molecule has 0 aromatic heterocycles. The minimum atomic E-state index is -0.827. The Bertz CT molecular complexity index is 796. The van der Waals surface area contributed by atoms with Crippen LogP contribution < -0.4 is 5.32 Å². The summed E-state index contributed by atoms with van der Waals surface area (Å²) in [4.78, 5) is 26.4. The average Bonchev–Trinajstić information content (AvgIpc) is 2.65. The van der Waals surface area contributed by atoms with Crippen molar-refractivity contribution in [1.82, 2.24) is 4.90 Å². The minimum absolute atomic E-state index is 0.0749. The molecular weight excluding hydrogens is 338 g/mol. The predicted octanol–water partition coefficient (Wildman–Crippen LogP) is 4.02. The lowest BCUT2D eigenvalue weighted by molar-refractivity contribution is -0.123. The summed E-state index contributed by atoms with van der Waals surface area (Å²) < 4.78 is 26.7. The largest absolute Gasteiger partial charge is 0.324 e. The van der Waals surface area contributed by atoms with E-state index < -0.39 is 17.7 Å². The van der Waals surface area contributed by atoms with E-state index in [4.69, 9.17) is 0 Å². The molecule has 0 bridgehead atoms. The van der Waals surface area contributed by atoms with Gasteiger partial charge >= 0.3 is 6.03 Å². The van der Waals surface area contributed by atoms with Gasteiger partial charge in [-0.05, 0) is 30.5 Å². The molecule has 3 rings (SSSR count). The Kier molecular flexibility index (Phi) is 5.61. The van der Waals surface area contributed by atoms with E-state index >= 15 is 0 Å². The Balaban J connectivity index is 1.60. The summed E-state index contributed by atoms with van der Waals surface area (Å²) in [6, 6.07) is 12.0. The molecule has 2 amide bonds. The molecule has 4 nitrogen and oxygen atoms in total. The number of rotatable bonds is 4. The third-order valence-electron chi connectivity index (χ3n) is 4.56. The first-order valence-electron chi connectivity index (χ1n) is 8.60. The van der Waals surface area contributed by atoms with Crippen molar-refractivity contribution in [2.45, 2.75) is 19.3 Å². The quantitative estimate of drug-likeness (QED) is 0.897. The fourth-order valence-electron chi connectivity index (χ4n) is 3.15. The number of urea groups is 1. The summed E-state index contributed by atoms with van der Waals surface area (Å²) in [5.74, 6) is -1.66. The first-order chi connectivity index (χ1) is 12.5. The maximum Gasteiger partial charge on any atom is 0.321 e. The molecule has 0 unspecified atom stereocenters. The molecule has 1 N–H and O–H groups in total. The number of carbonyl (C=O) groups excluding carboxylic acids is 2. The van der Waals surface area contributed by atoms with Crippen molar-refractivity contribution in [3.63, 3.8) is 0 Å². The number of hydrogen-bond donors (Lipinski definition) is 1. The SMILES string of the molecule is O=C(Cc1ccccc1)[C@H]1CCCN(C(=O)Nc2ccc(F)cc2F)C1. The molecule has 1 atom stereocenters. The third kappa shape index (κ3) is 4.45. The van der Waals surface area contributed by atoms with Crippen molar-refractivity contribution in [2.75, 3.05) is 18.4 Å². The molecule has 1 aliphatic rings. The number of benzene rings is 2. The molecule has 2 aromatic rings. The standard InChI is InChI=1S/C20H20F2N2O2/c21-16-8-9-18(17(22)12-16)23-20(26)24-10-4-7-15(13-24)19(25)11-14-5-2-1-3-6-14/h1-3,5-6,8-9,12,15H,4,7,10-11,13H2,(H,23,26)/t15-/m0/s1. The maximum absolute atomic E-state index is 13.7. The highest BCUT2D eigenvalue weighted by Gasteiger charge is 2.28. The Morgan fingerprint density at radius 1 is 1.12 bits per heavy atom. The second-order valence-corrected chi connectivity index (χ2v) is 6.47. The van der Waals surface area contributed by atoms with Gasteiger partial charge in [-0.1, -0.05) is 30.3 Å². The monoisotopic (exact) mass is 358 g/mol. The summed E-state index contributed by atoms with van der Waals surface area (Å²) in [7, 11) is 0. The van der Waals surface area contributed by atoms with Crippen molar-refractivity contribution in [1.29, 1.82) is 0 Å². The normalized spacial score (nSPS) is 17.0. The molecule has 0 saturated carbocycles. The number of carbonyl (C=O) groups is 2. The van der Waals surface area contributed by atoms with E-state index in [1.807, 2.05) is 30.3 Å². The lowest BCUT2D eigenvalue weighted by atomic mass is 9.90. The van der Waals surface area contributed by atoms with E-state index in [9.17, 15) is 18.4 Å². The van der Waals surface area contributed by atoms with Gasteiger partial charge in [-0.15, -0.1) is 0 Å². The van der Waals surface area contributed by atoms with E-state index in [2.05, 4.69) is 5.32 Å². The predicted molar refractivity (Wildman–Crippen MR) is 94.8 cm³/mol. The van der Waals surface area contributed by atoms with Gasteiger partial charge in [0, 0.05) is 31.5 Å². The van der Waals surface area contributed by atoms with Crippen LogP contribution in [-0.2, 0) is 11.2 Å². The van der Waals surface area contributed by atoms with Crippen LogP contribution in [0.25, 0.3) is 0 Å². The number of amides is 2. The number of nitrogens with one attached hydrogen (secondary N) is 1. The summed E-state index contributed by atoms with van der Waals surface area (Å²) in [6.45, 7) is 0.810. The van der Waals surface area contributed by atoms with Crippen LogP contribution in [0.5, 0.6) is 0 Å². The van der Waals surface area contributed by atoms with Crippen molar-refractivity contribution in [3.8, 4) is 0 Å². The van der Waals surface area contributed by atoms with Crippen LogP contribution in [-0.4, -0.2) is 29.8 Å². The molecule has 2 aromatic carbocycles. The van der Waals surface area contributed by atoms with Crippen LogP contribution in [0.15, 0.2) is 48.5 Å². The number of nitrogens with zero attached hydrogens (tertiary/aromatic N) is 1. The Morgan fingerprint density at radius 2 is 1.88 bits per heavy atom. The highest BCUT2D eigenvalue weighted by molar-refractivity contribution is 5.90. The number of piperidine rings is 1. The number of halogens is 2. The molecule has 1 saturated heterocycles. The van der Waals surface area contributed by atoms with E-state index in [1.165, 1.54) is 11.0 Å². The van der Waals surface area contributed by atoms with Crippen molar-refractivity contribution in [3.05, 3.63) is 65.7 Å². The smallest absolute Gasteiger partial charge is 0.321 e. The average molecular weight is 358 g/mol. The van der Waals surface area contributed by atoms with Crippen LogP contribution in [0.2, 0.25) is 0 Å². The highest BCUT2D eigenvalue weighted by Crippen LogP contribution is 2.21. The number of Topliss-reactive ketones (excluding diaryl/α,β-unsaturated/α-hetero) is 1. The first-order valence-corrected chi connectivity index (χ1v) is 8.60. The molecule has 1 aliphatic heterocycles. The molecule has 0 spiro atoms. The molecule has 136 valence electrons. The second-order valence-electron chi connectivity index (χ2n) is 6.47. The third-order valence-corrected chi connectivity index (χ3v) is 4.56. The van der Waals surface area contributed by atoms with Crippen LogP contribution >= 0.6 is 0 Å². The van der Waals surface area contributed by atoms with E-state index in [0.717, 1.165) is 24.1 Å². The van der Waals surface area contributed by atoms with Gasteiger partial charge in [0.25, 0.3) is 0 Å². The second kappa shape index (κ2) is 8.08. The molecular formula is C20H20F2N2O2. The van der Waals surface area contributed by atoms with Crippen LogP contribution in [0, 0.1) is 17.6 Å². The number of hydrogen-bond acceptors (Lipinski definition) is 2. The van der Waals surface area contributed by atoms with Gasteiger partial charge in [-0.25, -0.2) is 13.6 Å². The maximum atomic E-state index is 13.7. The zero-order chi connectivity index (χ0) is 18.5. The van der Waals surface area contributed by atoms with Gasteiger partial charge in [0.05, 0.1) is 5.69 Å². The molecule has 1 fully saturated rings. The molecule has 1 heterocycles. The lowest BCUT2D eigenvalue weighted by Gasteiger charge is -2.32. The summed E-state index contributed by atoms with van der Waals surface area (Å²) in [5.41, 5.74) is 0.876. The molecule has 0 radical (unpaired) electrons. The topological polar surface area (TPSA) is 49.4 Å². The van der Waals surface area contributed by atoms with Gasteiger partial charge in [0.1, 0.15) is 17.4 Å². The lowest BCUT2D eigenvalue weighted by Crippen LogP contribution is -2.44.